The molecule has 4 fully saturated rings. The monoisotopic (exact) mass is 405 g/mol. The van der Waals surface area contributed by atoms with Crippen LogP contribution in [-0.2, 0) is 10.2 Å². The van der Waals surface area contributed by atoms with Crippen LogP contribution in [0.15, 0.2) is 42.5 Å². The van der Waals surface area contributed by atoms with Crippen molar-refractivity contribution in [2.75, 3.05) is 19.0 Å². The predicted molar refractivity (Wildman–Crippen MR) is 118 cm³/mol. The van der Waals surface area contributed by atoms with Gasteiger partial charge in [-0.05, 0) is 116 Å². The smallest absolute Gasteiger partial charge is 0.262 e. The molecule has 4 aliphatic carbocycles. The fourth-order valence-corrected chi connectivity index (χ4v) is 6.78. The van der Waals surface area contributed by atoms with E-state index >= 15 is 0 Å². The normalized spacial score (nSPS) is 28.9. The lowest BCUT2D eigenvalue weighted by atomic mass is 9.47. The number of nitrogens with one attached hydrogen (secondary N) is 1. The standard InChI is InChI=1S/C26H31NO3/c1-17-9-23(30-16-25(28)27-21-3-5-22(29-2)6-4-21)7-8-24(17)26-13-18-10-19(14-26)12-20(11-18)15-26/h3-9,18-20H,10-16H2,1-2H3,(H,27,28). The van der Waals surface area contributed by atoms with Gasteiger partial charge in [0.2, 0.25) is 0 Å². The van der Waals surface area contributed by atoms with Crippen LogP contribution in [0.25, 0.3) is 0 Å². The number of aryl methyl sites for hydroxylation is 1. The molecule has 2 aromatic carbocycles. The summed E-state index contributed by atoms with van der Waals surface area (Å²) in [6.07, 6.45) is 8.48. The summed E-state index contributed by atoms with van der Waals surface area (Å²) >= 11 is 0. The van der Waals surface area contributed by atoms with Gasteiger partial charge in [-0.3, -0.25) is 4.79 Å². The van der Waals surface area contributed by atoms with Crippen LogP contribution in [-0.4, -0.2) is 19.6 Å². The Balaban J connectivity index is 1.22. The summed E-state index contributed by atoms with van der Waals surface area (Å²) in [5, 5.41) is 2.86. The van der Waals surface area contributed by atoms with Crippen molar-refractivity contribution < 1.29 is 14.3 Å². The Hall–Kier alpha value is -2.49. The number of ether oxygens (including phenoxy) is 2. The van der Waals surface area contributed by atoms with Crippen molar-refractivity contribution >= 4 is 11.6 Å². The van der Waals surface area contributed by atoms with Crippen LogP contribution in [0.4, 0.5) is 5.69 Å². The van der Waals surface area contributed by atoms with Crippen LogP contribution in [0.5, 0.6) is 11.5 Å². The Kier molecular flexibility index (Phi) is 4.96. The van der Waals surface area contributed by atoms with Crippen molar-refractivity contribution in [3.63, 3.8) is 0 Å². The topological polar surface area (TPSA) is 47.6 Å². The lowest BCUT2D eigenvalue weighted by Crippen LogP contribution is -2.48. The minimum atomic E-state index is -0.164. The molecular formula is C26H31NO3. The maximum Gasteiger partial charge on any atom is 0.262 e. The Morgan fingerprint density at radius 3 is 2.13 bits per heavy atom. The van der Waals surface area contributed by atoms with Gasteiger partial charge in [0.05, 0.1) is 7.11 Å². The van der Waals surface area contributed by atoms with Crippen LogP contribution >= 0.6 is 0 Å². The number of hydrogen-bond acceptors (Lipinski definition) is 3. The summed E-state index contributed by atoms with van der Waals surface area (Å²) in [5.74, 6) is 4.18. The molecule has 4 saturated carbocycles. The van der Waals surface area contributed by atoms with E-state index in [1.54, 1.807) is 7.11 Å². The zero-order valence-corrected chi connectivity index (χ0v) is 17.9. The van der Waals surface area contributed by atoms with Crippen LogP contribution in [0.2, 0.25) is 0 Å². The minimum Gasteiger partial charge on any atom is -0.497 e. The van der Waals surface area contributed by atoms with Crippen LogP contribution in [0, 0.1) is 24.7 Å². The fraction of sp³-hybridized carbons (Fsp3) is 0.500. The first-order chi connectivity index (χ1) is 14.5. The molecule has 158 valence electrons. The molecule has 0 unspecified atom stereocenters. The highest BCUT2D eigenvalue weighted by Crippen LogP contribution is 2.61. The molecule has 0 heterocycles. The number of methoxy groups -OCH3 is 1. The number of hydrogen-bond donors (Lipinski definition) is 1. The molecule has 0 atom stereocenters. The first-order valence-corrected chi connectivity index (χ1v) is 11.2. The third-order valence-electron chi connectivity index (χ3n) is 7.55. The van der Waals surface area contributed by atoms with E-state index in [-0.39, 0.29) is 12.5 Å². The first kappa shape index (κ1) is 19.5. The Labute approximate surface area is 179 Å². The van der Waals surface area contributed by atoms with Crippen LogP contribution in [0.3, 0.4) is 0 Å². The fourth-order valence-electron chi connectivity index (χ4n) is 6.78. The Bertz CT molecular complexity index is 899. The summed E-state index contributed by atoms with van der Waals surface area (Å²) in [5.41, 5.74) is 3.96. The van der Waals surface area contributed by atoms with E-state index in [9.17, 15) is 4.79 Å². The van der Waals surface area contributed by atoms with Gasteiger partial charge >= 0.3 is 0 Å². The van der Waals surface area contributed by atoms with Gasteiger partial charge in [-0.15, -0.1) is 0 Å². The van der Waals surface area contributed by atoms with Gasteiger partial charge in [0.15, 0.2) is 6.61 Å². The first-order valence-electron chi connectivity index (χ1n) is 11.2. The molecule has 0 aromatic heterocycles. The minimum absolute atomic E-state index is 0.00216. The van der Waals surface area contributed by atoms with Gasteiger partial charge in [0, 0.05) is 5.69 Å². The summed E-state index contributed by atoms with van der Waals surface area (Å²) < 4.78 is 10.9. The summed E-state index contributed by atoms with van der Waals surface area (Å²) in [7, 11) is 1.62. The lowest BCUT2D eigenvalue weighted by Gasteiger charge is -2.57. The molecule has 2 aromatic rings. The molecule has 1 N–H and O–H groups in total. The SMILES string of the molecule is COc1ccc(NC(=O)COc2ccc(C34CC5CC(CC(C5)C3)C4)c(C)c2)cc1. The van der Waals surface area contributed by atoms with Crippen LogP contribution < -0.4 is 14.8 Å². The molecule has 30 heavy (non-hydrogen) atoms. The zero-order chi connectivity index (χ0) is 20.7. The summed E-state index contributed by atoms with van der Waals surface area (Å²) in [6, 6.07) is 13.7. The van der Waals surface area contributed by atoms with Gasteiger partial charge in [-0.2, -0.15) is 0 Å². The van der Waals surface area contributed by atoms with E-state index in [1.807, 2.05) is 24.3 Å². The average Bonchev–Trinajstić information content (AvgIpc) is 2.72. The molecule has 6 rings (SSSR count). The number of benzene rings is 2. The summed E-state index contributed by atoms with van der Waals surface area (Å²) in [6.45, 7) is 2.21. The molecule has 4 aliphatic rings. The second kappa shape index (κ2) is 7.64. The van der Waals surface area contributed by atoms with Crippen molar-refractivity contribution in [1.82, 2.24) is 0 Å². The lowest BCUT2D eigenvalue weighted by molar-refractivity contribution is -0.118. The third-order valence-corrected chi connectivity index (χ3v) is 7.55. The molecule has 0 spiro atoms. The number of carbonyl (C=O) groups is 1. The summed E-state index contributed by atoms with van der Waals surface area (Å²) in [4.78, 5) is 12.3. The second-order valence-corrected chi connectivity index (χ2v) is 9.74. The van der Waals surface area contributed by atoms with Gasteiger partial charge in [0.1, 0.15) is 11.5 Å². The second-order valence-electron chi connectivity index (χ2n) is 9.74. The van der Waals surface area contributed by atoms with Gasteiger partial charge in [0.25, 0.3) is 5.91 Å². The Morgan fingerprint density at radius 2 is 1.57 bits per heavy atom. The number of carbonyl (C=O) groups excluding carboxylic acids is 1. The highest BCUT2D eigenvalue weighted by Gasteiger charge is 2.51. The molecule has 4 bridgehead atoms. The molecule has 0 saturated heterocycles. The number of rotatable bonds is 6. The van der Waals surface area contributed by atoms with Crippen molar-refractivity contribution in [2.24, 2.45) is 17.8 Å². The van der Waals surface area contributed by atoms with Crippen LogP contribution in [0.1, 0.15) is 49.7 Å². The van der Waals surface area contributed by atoms with Gasteiger partial charge in [-0.25, -0.2) is 0 Å². The van der Waals surface area contributed by atoms with Gasteiger partial charge in [-0.1, -0.05) is 6.07 Å². The predicted octanol–water partition coefficient (Wildman–Crippen LogP) is 5.49. The van der Waals surface area contributed by atoms with Crippen molar-refractivity contribution in [3.05, 3.63) is 53.6 Å². The number of amides is 1. The van der Waals surface area contributed by atoms with E-state index < -0.39 is 0 Å². The van der Waals surface area contributed by atoms with E-state index in [2.05, 4.69) is 30.4 Å². The highest BCUT2D eigenvalue weighted by atomic mass is 16.5. The van der Waals surface area contributed by atoms with Crippen molar-refractivity contribution in [3.8, 4) is 11.5 Å². The van der Waals surface area contributed by atoms with Crippen molar-refractivity contribution in [1.29, 1.82) is 0 Å². The van der Waals surface area contributed by atoms with E-state index in [4.69, 9.17) is 9.47 Å². The third kappa shape index (κ3) is 3.68. The maximum absolute atomic E-state index is 12.3. The quantitative estimate of drug-likeness (QED) is 0.691. The van der Waals surface area contributed by atoms with Gasteiger partial charge < -0.3 is 14.8 Å². The molecule has 0 radical (unpaired) electrons. The zero-order valence-electron chi connectivity index (χ0n) is 17.9. The molecular weight excluding hydrogens is 374 g/mol. The number of anilines is 1. The van der Waals surface area contributed by atoms with E-state index in [0.29, 0.717) is 5.41 Å². The average molecular weight is 406 g/mol. The van der Waals surface area contributed by atoms with E-state index in [0.717, 1.165) is 34.9 Å². The molecule has 1 amide bonds. The van der Waals surface area contributed by atoms with Crippen molar-refractivity contribution in [2.45, 2.75) is 50.9 Å². The molecule has 4 heteroatoms. The maximum atomic E-state index is 12.3. The molecule has 4 nitrogen and oxygen atoms in total. The highest BCUT2D eigenvalue weighted by molar-refractivity contribution is 5.91. The largest absolute Gasteiger partial charge is 0.497 e. The Morgan fingerprint density at radius 1 is 0.967 bits per heavy atom. The van der Waals surface area contributed by atoms with E-state index in [1.165, 1.54) is 49.7 Å². The molecule has 0 aliphatic heterocycles.